The number of halogens is 2. The molecule has 0 aromatic heterocycles. The Balaban J connectivity index is 2.15. The van der Waals surface area contributed by atoms with Crippen molar-refractivity contribution in [2.75, 3.05) is 0 Å². The molecule has 0 aliphatic rings. The fraction of sp³-hybridized carbons (Fsp3) is 0.0667. The largest absolute Gasteiger partial charge is 0.506 e. The minimum atomic E-state index is -0.368. The highest BCUT2D eigenvalue weighted by Gasteiger charge is 2.09. The molecule has 0 atom stereocenters. The van der Waals surface area contributed by atoms with Crippen molar-refractivity contribution in [3.63, 3.8) is 0 Å². The molecule has 1 amide bonds. The summed E-state index contributed by atoms with van der Waals surface area (Å²) in [6.07, 6.45) is 0. The lowest BCUT2D eigenvalue weighted by atomic mass is 10.1. The summed E-state index contributed by atoms with van der Waals surface area (Å²) < 4.78 is 0. The maximum Gasteiger partial charge on any atom is 0.271 e. The van der Waals surface area contributed by atoms with Crippen molar-refractivity contribution >= 4 is 34.8 Å². The number of hydrogen-bond donors (Lipinski definition) is 2. The highest BCUT2D eigenvalue weighted by atomic mass is 35.5. The van der Waals surface area contributed by atoms with Gasteiger partial charge in [0.1, 0.15) is 5.75 Å². The van der Waals surface area contributed by atoms with Gasteiger partial charge in [0.05, 0.1) is 10.7 Å². The van der Waals surface area contributed by atoms with Crippen molar-refractivity contribution < 1.29 is 9.90 Å². The molecule has 0 saturated carbocycles. The molecule has 2 aromatic carbocycles. The van der Waals surface area contributed by atoms with Gasteiger partial charge in [0.2, 0.25) is 0 Å². The number of aromatic hydroxyl groups is 1. The number of carbonyl (C=O) groups is 1. The quantitative estimate of drug-likeness (QED) is 0.666. The van der Waals surface area contributed by atoms with Crippen LogP contribution in [0.2, 0.25) is 10.0 Å². The third-order valence-corrected chi connectivity index (χ3v) is 3.37. The molecule has 2 rings (SSSR count). The lowest BCUT2D eigenvalue weighted by Gasteiger charge is -2.06. The van der Waals surface area contributed by atoms with Crippen molar-refractivity contribution in [3.8, 4) is 5.75 Å². The van der Waals surface area contributed by atoms with Gasteiger partial charge < -0.3 is 5.11 Å². The minimum Gasteiger partial charge on any atom is -0.506 e. The fourth-order valence-electron chi connectivity index (χ4n) is 1.67. The third-order valence-electron chi connectivity index (χ3n) is 2.81. The van der Waals surface area contributed by atoms with Crippen LogP contribution in [-0.2, 0) is 0 Å². The lowest BCUT2D eigenvalue weighted by molar-refractivity contribution is 0.0955. The van der Waals surface area contributed by atoms with E-state index in [1.807, 2.05) is 0 Å². The van der Waals surface area contributed by atoms with Crippen LogP contribution in [-0.4, -0.2) is 16.7 Å². The van der Waals surface area contributed by atoms with E-state index in [0.717, 1.165) is 0 Å². The van der Waals surface area contributed by atoms with E-state index in [9.17, 15) is 9.90 Å². The molecule has 2 N–H and O–H groups in total. The number of benzene rings is 2. The Labute approximate surface area is 132 Å². The number of carbonyl (C=O) groups excluding carboxylic acids is 1. The number of para-hydroxylation sites is 1. The highest BCUT2D eigenvalue weighted by Crippen LogP contribution is 2.27. The second-order valence-corrected chi connectivity index (χ2v) is 5.12. The maximum atomic E-state index is 11.9. The molecule has 0 aliphatic carbocycles. The molecule has 0 unspecified atom stereocenters. The average molecular weight is 323 g/mol. The zero-order chi connectivity index (χ0) is 15.4. The first kappa shape index (κ1) is 15.4. The van der Waals surface area contributed by atoms with E-state index in [2.05, 4.69) is 10.5 Å². The van der Waals surface area contributed by atoms with Crippen molar-refractivity contribution in [2.24, 2.45) is 5.10 Å². The molecule has 0 heterocycles. The summed E-state index contributed by atoms with van der Waals surface area (Å²) in [5.74, 6) is -0.436. The Morgan fingerprint density at radius 3 is 2.48 bits per heavy atom. The molecule has 0 spiro atoms. The first-order valence-electron chi connectivity index (χ1n) is 6.07. The Kier molecular flexibility index (Phi) is 4.83. The Morgan fingerprint density at radius 2 is 1.81 bits per heavy atom. The Hall–Kier alpha value is -2.04. The van der Waals surface area contributed by atoms with Gasteiger partial charge in [-0.25, -0.2) is 5.43 Å². The van der Waals surface area contributed by atoms with E-state index in [0.29, 0.717) is 21.9 Å². The van der Waals surface area contributed by atoms with Gasteiger partial charge in [0.25, 0.3) is 5.91 Å². The number of phenolic OH excluding ortho intramolecular Hbond substituents is 1. The minimum absolute atomic E-state index is 0.0684. The molecule has 0 aliphatic heterocycles. The molecule has 0 bridgehead atoms. The van der Waals surface area contributed by atoms with Crippen LogP contribution >= 0.6 is 23.2 Å². The first-order valence-corrected chi connectivity index (χ1v) is 6.82. The van der Waals surface area contributed by atoms with Gasteiger partial charge >= 0.3 is 0 Å². The van der Waals surface area contributed by atoms with Crippen LogP contribution in [0.5, 0.6) is 5.75 Å². The summed E-state index contributed by atoms with van der Waals surface area (Å²) in [5.41, 5.74) is 3.75. The van der Waals surface area contributed by atoms with Crippen LogP contribution in [0.15, 0.2) is 47.6 Å². The summed E-state index contributed by atoms with van der Waals surface area (Å²) in [7, 11) is 0. The molecular formula is C15H12Cl2N2O2. The molecule has 4 nitrogen and oxygen atoms in total. The number of nitrogens with zero attached hydrogens (tertiary/aromatic N) is 1. The standard InChI is InChI=1S/C15H12Cl2N2O2/c1-9(12-3-2-4-13(17)14(12)20)18-19-15(21)10-5-7-11(16)8-6-10/h2-8,20H,1H3,(H,19,21). The third kappa shape index (κ3) is 3.74. The summed E-state index contributed by atoms with van der Waals surface area (Å²) in [6.45, 7) is 1.66. The van der Waals surface area contributed by atoms with E-state index in [1.54, 1.807) is 49.4 Å². The second-order valence-electron chi connectivity index (χ2n) is 4.28. The van der Waals surface area contributed by atoms with Gasteiger partial charge in [0, 0.05) is 16.1 Å². The topological polar surface area (TPSA) is 61.7 Å². The van der Waals surface area contributed by atoms with Crippen LogP contribution in [0, 0.1) is 0 Å². The van der Waals surface area contributed by atoms with Crippen molar-refractivity contribution in [2.45, 2.75) is 6.92 Å². The van der Waals surface area contributed by atoms with E-state index in [4.69, 9.17) is 23.2 Å². The van der Waals surface area contributed by atoms with E-state index in [-0.39, 0.29) is 16.7 Å². The van der Waals surface area contributed by atoms with E-state index < -0.39 is 0 Å². The second kappa shape index (κ2) is 6.61. The van der Waals surface area contributed by atoms with Gasteiger partial charge in [0.15, 0.2) is 0 Å². The molecule has 21 heavy (non-hydrogen) atoms. The van der Waals surface area contributed by atoms with Crippen molar-refractivity contribution in [1.29, 1.82) is 0 Å². The molecule has 0 radical (unpaired) electrons. The number of amides is 1. The van der Waals surface area contributed by atoms with Crippen molar-refractivity contribution in [3.05, 3.63) is 63.6 Å². The van der Waals surface area contributed by atoms with Crippen LogP contribution in [0.3, 0.4) is 0 Å². The zero-order valence-corrected chi connectivity index (χ0v) is 12.6. The van der Waals surface area contributed by atoms with Crippen LogP contribution in [0.1, 0.15) is 22.8 Å². The van der Waals surface area contributed by atoms with Gasteiger partial charge in [-0.1, -0.05) is 29.3 Å². The van der Waals surface area contributed by atoms with Crippen molar-refractivity contribution in [1.82, 2.24) is 5.43 Å². The van der Waals surface area contributed by atoms with Gasteiger partial charge in [-0.2, -0.15) is 5.10 Å². The van der Waals surface area contributed by atoms with Crippen LogP contribution < -0.4 is 5.43 Å². The number of phenols is 1. The lowest BCUT2D eigenvalue weighted by Crippen LogP contribution is -2.19. The normalized spacial score (nSPS) is 11.3. The SMILES string of the molecule is CC(=NNC(=O)c1ccc(Cl)cc1)c1cccc(Cl)c1O. The maximum absolute atomic E-state index is 11.9. The summed E-state index contributed by atoms with van der Waals surface area (Å²) in [6, 6.07) is 11.4. The van der Waals surface area contributed by atoms with Crippen LogP contribution in [0.25, 0.3) is 0 Å². The number of nitrogens with one attached hydrogen (secondary N) is 1. The predicted molar refractivity (Wildman–Crippen MR) is 84.2 cm³/mol. The summed E-state index contributed by atoms with van der Waals surface area (Å²) in [4.78, 5) is 11.9. The fourth-order valence-corrected chi connectivity index (χ4v) is 1.97. The highest BCUT2D eigenvalue weighted by molar-refractivity contribution is 6.32. The van der Waals surface area contributed by atoms with Gasteiger partial charge in [-0.3, -0.25) is 4.79 Å². The van der Waals surface area contributed by atoms with E-state index >= 15 is 0 Å². The number of rotatable bonds is 3. The van der Waals surface area contributed by atoms with Gasteiger partial charge in [-0.15, -0.1) is 0 Å². The van der Waals surface area contributed by atoms with Crippen LogP contribution in [0.4, 0.5) is 0 Å². The smallest absolute Gasteiger partial charge is 0.271 e. The Morgan fingerprint density at radius 1 is 1.14 bits per heavy atom. The number of hydrazone groups is 1. The predicted octanol–water partition coefficient (Wildman–Crippen LogP) is 3.85. The van der Waals surface area contributed by atoms with E-state index in [1.165, 1.54) is 0 Å². The molecule has 0 fully saturated rings. The van der Waals surface area contributed by atoms with Gasteiger partial charge in [-0.05, 0) is 43.3 Å². The molecule has 2 aromatic rings. The summed E-state index contributed by atoms with van der Waals surface area (Å²) >= 11 is 11.6. The monoisotopic (exact) mass is 322 g/mol. The summed E-state index contributed by atoms with van der Waals surface area (Å²) in [5, 5.41) is 14.6. The molecule has 6 heteroatoms. The average Bonchev–Trinajstić information content (AvgIpc) is 2.48. The Bertz CT molecular complexity index is 697. The molecular weight excluding hydrogens is 311 g/mol. The molecule has 108 valence electrons. The zero-order valence-electron chi connectivity index (χ0n) is 11.1. The first-order chi connectivity index (χ1) is 9.99. The molecule has 0 saturated heterocycles. The number of hydrogen-bond acceptors (Lipinski definition) is 3.